The first-order valence-electron chi connectivity index (χ1n) is 6.76. The number of nitrogens with zero attached hydrogens (tertiary/aromatic N) is 2. The van der Waals surface area contributed by atoms with Crippen molar-refractivity contribution in [1.82, 2.24) is 10.3 Å². The van der Waals surface area contributed by atoms with E-state index >= 15 is 0 Å². The molecule has 1 heterocycles. The van der Waals surface area contributed by atoms with Gasteiger partial charge in [0.2, 0.25) is 0 Å². The van der Waals surface area contributed by atoms with Gasteiger partial charge in [0.15, 0.2) is 0 Å². The number of hydrogen-bond donors (Lipinski definition) is 1. The van der Waals surface area contributed by atoms with Crippen molar-refractivity contribution in [3.8, 4) is 0 Å². The van der Waals surface area contributed by atoms with Gasteiger partial charge in [0.1, 0.15) is 5.82 Å². The van der Waals surface area contributed by atoms with Gasteiger partial charge in [0, 0.05) is 36.9 Å². The maximum atomic E-state index is 4.72. The number of aryl methyl sites for hydroxylation is 2. The Balaban J connectivity index is 3.12. The van der Waals surface area contributed by atoms with Crippen LogP contribution in [-0.4, -0.2) is 24.1 Å². The minimum Gasteiger partial charge on any atom is -0.357 e. The van der Waals surface area contributed by atoms with Crippen LogP contribution in [0.3, 0.4) is 0 Å². The van der Waals surface area contributed by atoms with Crippen LogP contribution in [0.4, 0.5) is 5.82 Å². The lowest BCUT2D eigenvalue weighted by molar-refractivity contribution is 0.584. The monoisotopic (exact) mass is 249 g/mol. The molecule has 1 aromatic heterocycles. The fourth-order valence-electron chi connectivity index (χ4n) is 1.90. The van der Waals surface area contributed by atoms with E-state index in [9.17, 15) is 0 Å². The van der Waals surface area contributed by atoms with E-state index in [0.29, 0.717) is 12.1 Å². The summed E-state index contributed by atoms with van der Waals surface area (Å²) in [4.78, 5) is 6.97. The molecule has 0 aliphatic carbocycles. The van der Waals surface area contributed by atoms with Gasteiger partial charge >= 0.3 is 0 Å². The Kier molecular flexibility index (Phi) is 5.15. The molecule has 3 nitrogen and oxygen atoms in total. The second-order valence-electron chi connectivity index (χ2n) is 5.62. The van der Waals surface area contributed by atoms with E-state index in [0.717, 1.165) is 18.1 Å². The number of hydrogen-bond acceptors (Lipinski definition) is 3. The molecule has 0 fully saturated rings. The van der Waals surface area contributed by atoms with E-state index < -0.39 is 0 Å². The highest BCUT2D eigenvalue weighted by molar-refractivity contribution is 5.51. The molecule has 0 unspecified atom stereocenters. The maximum Gasteiger partial charge on any atom is 0.133 e. The Hall–Kier alpha value is -1.09. The standard InChI is InChI=1S/C15H27N3/c1-10(2)16-9-14-12(5)8-13(6)17-15(14)18(7)11(3)4/h8,10-11,16H,9H2,1-7H3. The zero-order chi connectivity index (χ0) is 13.9. The van der Waals surface area contributed by atoms with Gasteiger partial charge in [0.25, 0.3) is 0 Å². The molecule has 0 saturated heterocycles. The van der Waals surface area contributed by atoms with E-state index in [1.54, 1.807) is 0 Å². The van der Waals surface area contributed by atoms with Crippen LogP contribution >= 0.6 is 0 Å². The van der Waals surface area contributed by atoms with Gasteiger partial charge in [-0.15, -0.1) is 0 Å². The predicted molar refractivity (Wildman–Crippen MR) is 79.2 cm³/mol. The third kappa shape index (κ3) is 3.70. The largest absolute Gasteiger partial charge is 0.357 e. The summed E-state index contributed by atoms with van der Waals surface area (Å²) in [7, 11) is 2.12. The molecule has 1 N–H and O–H groups in total. The Morgan fingerprint density at radius 1 is 1.22 bits per heavy atom. The SMILES string of the molecule is Cc1cc(C)c(CNC(C)C)c(N(C)C(C)C)n1. The van der Waals surface area contributed by atoms with Crippen LogP contribution in [0.2, 0.25) is 0 Å². The van der Waals surface area contributed by atoms with Crippen molar-refractivity contribution in [2.24, 2.45) is 0 Å². The van der Waals surface area contributed by atoms with Gasteiger partial charge in [-0.2, -0.15) is 0 Å². The maximum absolute atomic E-state index is 4.72. The molecular formula is C15H27N3. The van der Waals surface area contributed by atoms with Crippen LogP contribution in [0.25, 0.3) is 0 Å². The summed E-state index contributed by atoms with van der Waals surface area (Å²) < 4.78 is 0. The molecule has 102 valence electrons. The van der Waals surface area contributed by atoms with Crippen molar-refractivity contribution < 1.29 is 0 Å². The van der Waals surface area contributed by atoms with Crippen LogP contribution < -0.4 is 10.2 Å². The summed E-state index contributed by atoms with van der Waals surface area (Å²) in [5.74, 6) is 1.11. The molecule has 0 aliphatic rings. The number of nitrogens with one attached hydrogen (secondary N) is 1. The molecule has 3 heteroatoms. The van der Waals surface area contributed by atoms with E-state index in [4.69, 9.17) is 4.98 Å². The Labute approximate surface area is 112 Å². The fraction of sp³-hybridized carbons (Fsp3) is 0.667. The van der Waals surface area contributed by atoms with E-state index in [-0.39, 0.29) is 0 Å². The molecule has 0 aromatic carbocycles. The van der Waals surface area contributed by atoms with E-state index in [2.05, 4.69) is 64.9 Å². The minimum absolute atomic E-state index is 0.455. The average molecular weight is 249 g/mol. The second kappa shape index (κ2) is 6.19. The molecule has 18 heavy (non-hydrogen) atoms. The highest BCUT2D eigenvalue weighted by atomic mass is 15.2. The quantitative estimate of drug-likeness (QED) is 0.869. The Morgan fingerprint density at radius 3 is 2.33 bits per heavy atom. The summed E-state index contributed by atoms with van der Waals surface area (Å²) in [6.45, 7) is 13.8. The lowest BCUT2D eigenvalue weighted by atomic mass is 10.1. The Morgan fingerprint density at radius 2 is 1.83 bits per heavy atom. The second-order valence-corrected chi connectivity index (χ2v) is 5.62. The third-order valence-corrected chi connectivity index (χ3v) is 3.25. The number of rotatable bonds is 5. The van der Waals surface area contributed by atoms with Gasteiger partial charge in [-0.1, -0.05) is 13.8 Å². The molecular weight excluding hydrogens is 222 g/mol. The number of aromatic nitrogens is 1. The highest BCUT2D eigenvalue weighted by Gasteiger charge is 2.15. The first-order valence-corrected chi connectivity index (χ1v) is 6.76. The Bertz CT molecular complexity index is 397. The number of anilines is 1. The van der Waals surface area contributed by atoms with Gasteiger partial charge in [-0.05, 0) is 39.3 Å². The van der Waals surface area contributed by atoms with E-state index in [1.807, 2.05) is 0 Å². The molecule has 0 bridgehead atoms. The highest BCUT2D eigenvalue weighted by Crippen LogP contribution is 2.23. The van der Waals surface area contributed by atoms with Crippen LogP contribution in [-0.2, 0) is 6.54 Å². The molecule has 1 rings (SSSR count). The van der Waals surface area contributed by atoms with Crippen LogP contribution in [0.15, 0.2) is 6.07 Å². The average Bonchev–Trinajstić information content (AvgIpc) is 2.25. The summed E-state index contributed by atoms with van der Waals surface area (Å²) in [6, 6.07) is 3.11. The summed E-state index contributed by atoms with van der Waals surface area (Å²) in [5.41, 5.74) is 3.71. The molecule has 0 saturated carbocycles. The fourth-order valence-corrected chi connectivity index (χ4v) is 1.90. The molecule has 0 amide bonds. The van der Waals surface area contributed by atoms with Crippen molar-refractivity contribution >= 4 is 5.82 Å². The van der Waals surface area contributed by atoms with Gasteiger partial charge in [-0.25, -0.2) is 4.98 Å². The van der Waals surface area contributed by atoms with Gasteiger partial charge in [-0.3, -0.25) is 0 Å². The predicted octanol–water partition coefficient (Wildman–Crippen LogP) is 3.04. The smallest absolute Gasteiger partial charge is 0.133 e. The summed E-state index contributed by atoms with van der Waals surface area (Å²) >= 11 is 0. The van der Waals surface area contributed by atoms with Crippen LogP contribution in [0.1, 0.15) is 44.5 Å². The summed E-state index contributed by atoms with van der Waals surface area (Å²) in [5, 5.41) is 3.49. The molecule has 0 spiro atoms. The first kappa shape index (κ1) is 15.0. The van der Waals surface area contributed by atoms with Crippen LogP contribution in [0.5, 0.6) is 0 Å². The first-order chi connectivity index (χ1) is 8.32. The molecule has 1 aromatic rings. The minimum atomic E-state index is 0.455. The number of pyridine rings is 1. The lowest BCUT2D eigenvalue weighted by Crippen LogP contribution is -2.30. The molecule has 0 aliphatic heterocycles. The summed E-state index contributed by atoms with van der Waals surface area (Å²) in [6.07, 6.45) is 0. The van der Waals surface area contributed by atoms with Crippen molar-refractivity contribution in [2.75, 3.05) is 11.9 Å². The van der Waals surface area contributed by atoms with Crippen molar-refractivity contribution in [1.29, 1.82) is 0 Å². The van der Waals surface area contributed by atoms with E-state index in [1.165, 1.54) is 11.1 Å². The lowest BCUT2D eigenvalue weighted by Gasteiger charge is -2.27. The molecule has 0 atom stereocenters. The topological polar surface area (TPSA) is 28.2 Å². The van der Waals surface area contributed by atoms with Crippen molar-refractivity contribution in [2.45, 2.75) is 60.2 Å². The van der Waals surface area contributed by atoms with Crippen molar-refractivity contribution in [3.63, 3.8) is 0 Å². The van der Waals surface area contributed by atoms with Gasteiger partial charge < -0.3 is 10.2 Å². The van der Waals surface area contributed by atoms with Crippen molar-refractivity contribution in [3.05, 3.63) is 22.9 Å². The normalized spacial score (nSPS) is 11.4. The van der Waals surface area contributed by atoms with Gasteiger partial charge in [0.05, 0.1) is 0 Å². The zero-order valence-electron chi connectivity index (χ0n) is 12.8. The third-order valence-electron chi connectivity index (χ3n) is 3.25. The molecule has 0 radical (unpaired) electrons. The zero-order valence-corrected chi connectivity index (χ0v) is 12.8. The van der Waals surface area contributed by atoms with Crippen LogP contribution in [0, 0.1) is 13.8 Å².